The van der Waals surface area contributed by atoms with E-state index in [-0.39, 0.29) is 17.6 Å². The van der Waals surface area contributed by atoms with Crippen LogP contribution in [0.15, 0.2) is 71.6 Å². The van der Waals surface area contributed by atoms with E-state index in [2.05, 4.69) is 10.6 Å². The molecule has 0 saturated carbocycles. The number of ether oxygens (including phenoxy) is 2. The third-order valence-corrected chi connectivity index (χ3v) is 5.58. The molecule has 0 aromatic heterocycles. The predicted octanol–water partition coefficient (Wildman–Crippen LogP) is 5.34. The van der Waals surface area contributed by atoms with Gasteiger partial charge >= 0.3 is 0 Å². The first-order valence-corrected chi connectivity index (χ1v) is 10.7. The molecule has 0 unspecified atom stereocenters. The van der Waals surface area contributed by atoms with Gasteiger partial charge in [-0.25, -0.2) is 0 Å². The summed E-state index contributed by atoms with van der Waals surface area (Å²) in [5, 5.41) is 6.08. The van der Waals surface area contributed by atoms with Crippen LogP contribution in [0.4, 0.5) is 11.4 Å². The van der Waals surface area contributed by atoms with Crippen LogP contribution >= 0.6 is 23.4 Å². The smallest absolute Gasteiger partial charge is 0.255 e. The topological polar surface area (TPSA) is 76.7 Å². The van der Waals surface area contributed by atoms with Crippen molar-refractivity contribution >= 4 is 46.6 Å². The van der Waals surface area contributed by atoms with E-state index in [0.29, 0.717) is 33.5 Å². The number of hydrogen-bond donors (Lipinski definition) is 2. The van der Waals surface area contributed by atoms with Gasteiger partial charge in [-0.1, -0.05) is 11.6 Å². The lowest BCUT2D eigenvalue weighted by Crippen LogP contribution is -2.14. The molecule has 3 rings (SSSR count). The maximum absolute atomic E-state index is 12.3. The summed E-state index contributed by atoms with van der Waals surface area (Å²) in [6.07, 6.45) is 0. The summed E-state index contributed by atoms with van der Waals surface area (Å²) in [6.45, 7) is 0. The van der Waals surface area contributed by atoms with Gasteiger partial charge in [0.15, 0.2) is 0 Å². The Morgan fingerprint density at radius 2 is 1.55 bits per heavy atom. The van der Waals surface area contributed by atoms with Crippen molar-refractivity contribution in [3.05, 3.63) is 77.3 Å². The molecule has 0 heterocycles. The first kappa shape index (κ1) is 22.5. The van der Waals surface area contributed by atoms with Gasteiger partial charge in [0, 0.05) is 21.8 Å². The zero-order valence-electron chi connectivity index (χ0n) is 17.0. The summed E-state index contributed by atoms with van der Waals surface area (Å²) in [6, 6.07) is 19.2. The van der Waals surface area contributed by atoms with Crippen molar-refractivity contribution in [3.63, 3.8) is 0 Å². The van der Waals surface area contributed by atoms with E-state index in [1.807, 2.05) is 12.1 Å². The molecule has 0 bridgehead atoms. The molecule has 0 saturated heterocycles. The lowest BCUT2D eigenvalue weighted by molar-refractivity contribution is -0.113. The third-order valence-electron chi connectivity index (χ3n) is 4.27. The van der Waals surface area contributed by atoms with Crippen molar-refractivity contribution in [1.82, 2.24) is 0 Å². The first-order chi connectivity index (χ1) is 15.0. The summed E-state index contributed by atoms with van der Waals surface area (Å²) in [5.74, 6) is 1.12. The fourth-order valence-corrected chi connectivity index (χ4v) is 3.63. The SMILES string of the molecule is COc1ccc(C(=O)Nc2ccc(SCC(=O)Nc3ccc(OC)c(Cl)c3)cc2)cc1. The molecule has 0 radical (unpaired) electrons. The Hall–Kier alpha value is -3.16. The number of nitrogens with one attached hydrogen (secondary N) is 2. The fraction of sp³-hybridized carbons (Fsp3) is 0.130. The minimum atomic E-state index is -0.208. The Bertz CT molecular complexity index is 1060. The summed E-state index contributed by atoms with van der Waals surface area (Å²) in [4.78, 5) is 25.4. The zero-order chi connectivity index (χ0) is 22.2. The molecule has 160 valence electrons. The maximum atomic E-state index is 12.3. The number of methoxy groups -OCH3 is 2. The van der Waals surface area contributed by atoms with E-state index in [1.165, 1.54) is 18.9 Å². The van der Waals surface area contributed by atoms with E-state index in [1.54, 1.807) is 61.7 Å². The Kier molecular flexibility index (Phi) is 7.81. The minimum Gasteiger partial charge on any atom is -0.497 e. The second-order valence-corrected chi connectivity index (χ2v) is 7.85. The quantitative estimate of drug-likeness (QED) is 0.447. The average Bonchev–Trinajstić information content (AvgIpc) is 2.79. The van der Waals surface area contributed by atoms with Gasteiger partial charge in [-0.3, -0.25) is 9.59 Å². The molecule has 6 nitrogen and oxygen atoms in total. The van der Waals surface area contributed by atoms with Crippen LogP contribution in [0, 0.1) is 0 Å². The molecule has 0 spiro atoms. The average molecular weight is 457 g/mol. The van der Waals surface area contributed by atoms with Gasteiger partial charge in [0.25, 0.3) is 5.91 Å². The number of thioether (sulfide) groups is 1. The van der Waals surface area contributed by atoms with Gasteiger partial charge < -0.3 is 20.1 Å². The van der Waals surface area contributed by atoms with E-state index < -0.39 is 0 Å². The lowest BCUT2D eigenvalue weighted by atomic mass is 10.2. The fourth-order valence-electron chi connectivity index (χ4n) is 2.67. The first-order valence-electron chi connectivity index (χ1n) is 9.30. The molecule has 0 fully saturated rings. The van der Waals surface area contributed by atoms with E-state index >= 15 is 0 Å². The van der Waals surface area contributed by atoms with Crippen LogP contribution in [0.1, 0.15) is 10.4 Å². The summed E-state index contributed by atoms with van der Waals surface area (Å²) in [7, 11) is 3.11. The maximum Gasteiger partial charge on any atom is 0.255 e. The molecular weight excluding hydrogens is 436 g/mol. The standard InChI is InChI=1S/C23H21ClN2O4S/c1-29-18-8-3-15(4-9-18)23(28)26-16-5-10-19(11-6-16)31-14-22(27)25-17-7-12-21(30-2)20(24)13-17/h3-13H,14H2,1-2H3,(H,25,27)(H,26,28). The van der Waals surface area contributed by atoms with Gasteiger partial charge in [0.05, 0.1) is 25.0 Å². The van der Waals surface area contributed by atoms with Gasteiger partial charge in [-0.05, 0) is 66.7 Å². The molecule has 8 heteroatoms. The third kappa shape index (κ3) is 6.41. The van der Waals surface area contributed by atoms with Gasteiger partial charge in [-0.2, -0.15) is 0 Å². The number of carbonyl (C=O) groups is 2. The number of benzene rings is 3. The van der Waals surface area contributed by atoms with Crippen LogP contribution in [0.2, 0.25) is 5.02 Å². The van der Waals surface area contributed by atoms with E-state index in [0.717, 1.165) is 4.90 Å². The highest BCUT2D eigenvalue weighted by Crippen LogP contribution is 2.27. The summed E-state index contributed by atoms with van der Waals surface area (Å²) < 4.78 is 10.2. The number of hydrogen-bond acceptors (Lipinski definition) is 5. The molecule has 2 N–H and O–H groups in total. The van der Waals surface area contributed by atoms with E-state index in [9.17, 15) is 9.59 Å². The Morgan fingerprint density at radius 1 is 0.871 bits per heavy atom. The molecule has 3 aromatic carbocycles. The second kappa shape index (κ2) is 10.7. The highest BCUT2D eigenvalue weighted by molar-refractivity contribution is 8.00. The number of rotatable bonds is 8. The van der Waals surface area contributed by atoms with Crippen LogP contribution in [-0.2, 0) is 4.79 Å². The number of anilines is 2. The Morgan fingerprint density at radius 3 is 2.16 bits per heavy atom. The molecule has 3 aromatic rings. The molecule has 0 atom stereocenters. The normalized spacial score (nSPS) is 10.3. The van der Waals surface area contributed by atoms with Crippen LogP contribution in [-0.4, -0.2) is 31.8 Å². The van der Waals surface area contributed by atoms with Crippen LogP contribution < -0.4 is 20.1 Å². The molecular formula is C23H21ClN2O4S. The zero-order valence-corrected chi connectivity index (χ0v) is 18.5. The van der Waals surface area contributed by atoms with Crippen molar-refractivity contribution < 1.29 is 19.1 Å². The summed E-state index contributed by atoms with van der Waals surface area (Å²) in [5.41, 5.74) is 1.81. The second-order valence-electron chi connectivity index (χ2n) is 6.39. The van der Waals surface area contributed by atoms with Crippen molar-refractivity contribution in [2.45, 2.75) is 4.90 Å². The van der Waals surface area contributed by atoms with Crippen molar-refractivity contribution in [2.75, 3.05) is 30.6 Å². The molecule has 0 aliphatic rings. The number of carbonyl (C=O) groups excluding carboxylic acids is 2. The largest absolute Gasteiger partial charge is 0.497 e. The van der Waals surface area contributed by atoms with Gasteiger partial charge in [0.2, 0.25) is 5.91 Å². The Labute approximate surface area is 189 Å². The van der Waals surface area contributed by atoms with Crippen molar-refractivity contribution in [3.8, 4) is 11.5 Å². The van der Waals surface area contributed by atoms with Crippen molar-refractivity contribution in [2.24, 2.45) is 0 Å². The molecule has 0 aliphatic carbocycles. The van der Waals surface area contributed by atoms with E-state index in [4.69, 9.17) is 21.1 Å². The Balaban J connectivity index is 1.50. The highest BCUT2D eigenvalue weighted by atomic mass is 35.5. The molecule has 31 heavy (non-hydrogen) atoms. The number of amides is 2. The monoisotopic (exact) mass is 456 g/mol. The highest BCUT2D eigenvalue weighted by Gasteiger charge is 2.08. The van der Waals surface area contributed by atoms with Gasteiger partial charge in [-0.15, -0.1) is 11.8 Å². The minimum absolute atomic E-state index is 0.150. The predicted molar refractivity (Wildman–Crippen MR) is 125 cm³/mol. The molecule has 0 aliphatic heterocycles. The van der Waals surface area contributed by atoms with Crippen LogP contribution in [0.3, 0.4) is 0 Å². The van der Waals surface area contributed by atoms with Crippen molar-refractivity contribution in [1.29, 1.82) is 0 Å². The van der Waals surface area contributed by atoms with Gasteiger partial charge in [0.1, 0.15) is 11.5 Å². The van der Waals surface area contributed by atoms with Crippen LogP contribution in [0.5, 0.6) is 11.5 Å². The lowest BCUT2D eigenvalue weighted by Gasteiger charge is -2.09. The van der Waals surface area contributed by atoms with Crippen LogP contribution in [0.25, 0.3) is 0 Å². The molecule has 2 amide bonds. The number of halogens is 1. The summed E-state index contributed by atoms with van der Waals surface area (Å²) >= 11 is 7.46.